The molecule has 1 rings (SSSR count). The van der Waals surface area contributed by atoms with Crippen molar-refractivity contribution in [3.05, 3.63) is 35.9 Å². The number of rotatable bonds is 11. The lowest BCUT2D eigenvalue weighted by Gasteiger charge is -2.23. The number of likely N-dealkylation sites (N-methyl/N-ethyl adjacent to an activating group) is 1. The third kappa shape index (κ3) is 9.01. The third-order valence-corrected chi connectivity index (χ3v) is 4.87. The Labute approximate surface area is 158 Å². The summed E-state index contributed by atoms with van der Waals surface area (Å²) in [6.45, 7) is -0.321. The van der Waals surface area contributed by atoms with Crippen LogP contribution in [0.4, 0.5) is 0 Å². The van der Waals surface area contributed by atoms with Crippen LogP contribution in [0.2, 0.25) is 0 Å². The van der Waals surface area contributed by atoms with Crippen LogP contribution in [0.1, 0.15) is 18.4 Å². The molecule has 1 aromatic rings. The summed E-state index contributed by atoms with van der Waals surface area (Å²) in [6, 6.07) is 7.39. The number of nitrogens with two attached hydrogens (primary N) is 2. The number of nitrogens with one attached hydrogen (secondary N) is 1. The molecule has 0 aliphatic carbocycles. The number of hydrogen-bond donors (Lipinski definition) is 4. The SMILES string of the molecule is CN(CC(=O)O)C(=O)[C@H](CCCN=C(N)N)NS(=O)(=O)Cc1ccccc1. The molecule has 10 nitrogen and oxygen atoms in total. The maximum Gasteiger partial charge on any atom is 0.323 e. The lowest BCUT2D eigenvalue weighted by atomic mass is 10.1. The van der Waals surface area contributed by atoms with Gasteiger partial charge in [0.2, 0.25) is 15.9 Å². The second kappa shape index (κ2) is 10.5. The number of aliphatic carboxylic acids is 1. The van der Waals surface area contributed by atoms with Gasteiger partial charge in [0.15, 0.2) is 5.96 Å². The molecule has 6 N–H and O–H groups in total. The Morgan fingerprint density at radius 1 is 1.26 bits per heavy atom. The first-order chi connectivity index (χ1) is 12.6. The summed E-state index contributed by atoms with van der Waals surface area (Å²) in [4.78, 5) is 28.1. The second-order valence-electron chi connectivity index (χ2n) is 5.95. The van der Waals surface area contributed by atoms with Gasteiger partial charge in [-0.25, -0.2) is 13.1 Å². The minimum Gasteiger partial charge on any atom is -0.480 e. The van der Waals surface area contributed by atoms with Gasteiger partial charge in [0.05, 0.1) is 5.75 Å². The molecule has 0 aliphatic rings. The van der Waals surface area contributed by atoms with Gasteiger partial charge in [-0.05, 0) is 18.4 Å². The van der Waals surface area contributed by atoms with Crippen LogP contribution in [0.25, 0.3) is 0 Å². The molecule has 0 saturated heterocycles. The molecule has 0 unspecified atom stereocenters. The Balaban J connectivity index is 2.86. The fourth-order valence-electron chi connectivity index (χ4n) is 2.34. The van der Waals surface area contributed by atoms with Gasteiger partial charge in [0, 0.05) is 13.6 Å². The van der Waals surface area contributed by atoms with Crippen molar-refractivity contribution in [3.8, 4) is 0 Å². The molecule has 0 saturated carbocycles. The molecule has 0 aromatic heterocycles. The number of sulfonamides is 1. The number of carboxylic acids is 1. The molecular weight excluding hydrogens is 374 g/mol. The van der Waals surface area contributed by atoms with Crippen LogP contribution in [0.15, 0.2) is 35.3 Å². The molecule has 27 heavy (non-hydrogen) atoms. The van der Waals surface area contributed by atoms with Crippen LogP contribution >= 0.6 is 0 Å². The van der Waals surface area contributed by atoms with Crippen LogP contribution in [0, 0.1) is 0 Å². The van der Waals surface area contributed by atoms with E-state index in [1.807, 2.05) is 0 Å². The zero-order chi connectivity index (χ0) is 20.4. The van der Waals surface area contributed by atoms with E-state index in [1.54, 1.807) is 30.3 Å². The molecule has 1 amide bonds. The van der Waals surface area contributed by atoms with E-state index < -0.39 is 34.5 Å². The van der Waals surface area contributed by atoms with E-state index >= 15 is 0 Å². The maximum absolute atomic E-state index is 12.5. The third-order valence-electron chi connectivity index (χ3n) is 3.51. The molecule has 0 fully saturated rings. The van der Waals surface area contributed by atoms with E-state index in [9.17, 15) is 18.0 Å². The standard InChI is InChI=1S/C16H25N5O5S/c1-21(10-14(22)23)15(24)13(8-5-9-19-16(17)18)20-27(25,26)11-12-6-3-2-4-7-12/h2-4,6-7,13,20H,5,8-11H2,1H3,(H,22,23)(H4,17,18,19)/t13-/m0/s1. The van der Waals surface area contributed by atoms with Crippen molar-refractivity contribution in [3.63, 3.8) is 0 Å². The van der Waals surface area contributed by atoms with Gasteiger partial charge < -0.3 is 21.5 Å². The van der Waals surface area contributed by atoms with Gasteiger partial charge in [-0.1, -0.05) is 30.3 Å². The van der Waals surface area contributed by atoms with E-state index in [1.165, 1.54) is 7.05 Å². The average molecular weight is 399 g/mol. The summed E-state index contributed by atoms with van der Waals surface area (Å²) in [5.74, 6) is -2.24. The highest BCUT2D eigenvalue weighted by Gasteiger charge is 2.27. The topological polar surface area (TPSA) is 168 Å². The number of benzene rings is 1. The molecule has 11 heteroatoms. The summed E-state index contributed by atoms with van der Waals surface area (Å²) in [5.41, 5.74) is 11.0. The van der Waals surface area contributed by atoms with Crippen LogP contribution in [0.3, 0.4) is 0 Å². The predicted octanol–water partition coefficient (Wildman–Crippen LogP) is -0.929. The van der Waals surface area contributed by atoms with Crippen LogP contribution in [-0.4, -0.2) is 62.4 Å². The maximum atomic E-state index is 12.5. The van der Waals surface area contributed by atoms with Gasteiger partial charge in [0.1, 0.15) is 12.6 Å². The Hall–Kier alpha value is -2.66. The van der Waals surface area contributed by atoms with Crippen LogP contribution < -0.4 is 16.2 Å². The fraction of sp³-hybridized carbons (Fsp3) is 0.438. The smallest absolute Gasteiger partial charge is 0.323 e. The molecule has 0 spiro atoms. The number of nitrogens with zero attached hydrogens (tertiary/aromatic N) is 2. The average Bonchev–Trinajstić information content (AvgIpc) is 2.56. The zero-order valence-electron chi connectivity index (χ0n) is 15.0. The van der Waals surface area contributed by atoms with Crippen molar-refractivity contribution in [2.45, 2.75) is 24.6 Å². The minimum absolute atomic E-state index is 0.106. The van der Waals surface area contributed by atoms with Crippen LogP contribution in [0.5, 0.6) is 0 Å². The van der Waals surface area contributed by atoms with Gasteiger partial charge in [-0.15, -0.1) is 0 Å². The zero-order valence-corrected chi connectivity index (χ0v) is 15.9. The van der Waals surface area contributed by atoms with Gasteiger partial charge in [-0.2, -0.15) is 0 Å². The summed E-state index contributed by atoms with van der Waals surface area (Å²) in [5, 5.41) is 8.84. The molecular formula is C16H25N5O5S. The van der Waals surface area contributed by atoms with E-state index in [2.05, 4.69) is 9.71 Å². The van der Waals surface area contributed by atoms with E-state index in [4.69, 9.17) is 16.6 Å². The van der Waals surface area contributed by atoms with Crippen molar-refractivity contribution in [2.75, 3.05) is 20.1 Å². The summed E-state index contributed by atoms with van der Waals surface area (Å²) in [7, 11) is -2.53. The van der Waals surface area contributed by atoms with Gasteiger partial charge in [-0.3, -0.25) is 14.6 Å². The molecule has 0 bridgehead atoms. The fourth-order valence-corrected chi connectivity index (χ4v) is 3.70. The number of amides is 1. The van der Waals surface area contributed by atoms with E-state index in [-0.39, 0.29) is 24.7 Å². The van der Waals surface area contributed by atoms with E-state index in [0.29, 0.717) is 12.0 Å². The number of hydrogen-bond acceptors (Lipinski definition) is 5. The van der Waals surface area contributed by atoms with Crippen LogP contribution in [-0.2, 0) is 25.4 Å². The van der Waals surface area contributed by atoms with Crippen molar-refractivity contribution in [2.24, 2.45) is 16.5 Å². The Morgan fingerprint density at radius 3 is 2.44 bits per heavy atom. The molecule has 1 atom stereocenters. The van der Waals surface area contributed by atoms with Gasteiger partial charge in [0.25, 0.3) is 0 Å². The number of aliphatic imine (C=N–C) groups is 1. The number of guanidine groups is 1. The monoisotopic (exact) mass is 399 g/mol. The first-order valence-corrected chi connectivity index (χ1v) is 9.82. The first-order valence-electron chi connectivity index (χ1n) is 8.17. The molecule has 0 heterocycles. The van der Waals surface area contributed by atoms with Crippen molar-refractivity contribution in [1.29, 1.82) is 0 Å². The highest BCUT2D eigenvalue weighted by atomic mass is 32.2. The molecule has 150 valence electrons. The molecule has 1 aromatic carbocycles. The number of carbonyl (C=O) groups is 2. The Bertz CT molecular complexity index is 763. The quantitative estimate of drug-likeness (QED) is 0.212. The van der Waals surface area contributed by atoms with Crippen molar-refractivity contribution in [1.82, 2.24) is 9.62 Å². The first kappa shape index (κ1) is 22.4. The minimum atomic E-state index is -3.82. The van der Waals surface area contributed by atoms with Crippen molar-refractivity contribution >= 4 is 27.9 Å². The highest BCUT2D eigenvalue weighted by Crippen LogP contribution is 2.09. The highest BCUT2D eigenvalue weighted by molar-refractivity contribution is 7.88. The Kier molecular flexibility index (Phi) is 8.69. The predicted molar refractivity (Wildman–Crippen MR) is 101 cm³/mol. The lowest BCUT2D eigenvalue weighted by Crippen LogP contribution is -2.48. The van der Waals surface area contributed by atoms with Crippen molar-refractivity contribution < 1.29 is 23.1 Å². The lowest BCUT2D eigenvalue weighted by molar-refractivity contribution is -0.144. The largest absolute Gasteiger partial charge is 0.480 e. The van der Waals surface area contributed by atoms with E-state index in [0.717, 1.165) is 4.90 Å². The molecule has 0 aliphatic heterocycles. The second-order valence-corrected chi connectivity index (χ2v) is 7.71. The summed E-state index contributed by atoms with van der Waals surface area (Å²) < 4.78 is 27.2. The Morgan fingerprint density at radius 2 is 1.89 bits per heavy atom. The normalized spacial score (nSPS) is 12.2. The molecule has 0 radical (unpaired) electrons. The number of carboxylic acid groups (broad SMARTS) is 1. The number of carbonyl (C=O) groups excluding carboxylic acids is 1. The van der Waals surface area contributed by atoms with Gasteiger partial charge >= 0.3 is 5.97 Å². The summed E-state index contributed by atoms with van der Waals surface area (Å²) >= 11 is 0. The summed E-state index contributed by atoms with van der Waals surface area (Å²) in [6.07, 6.45) is 0.455.